The maximum Gasteiger partial charge on any atom is 0.251 e. The van der Waals surface area contributed by atoms with Gasteiger partial charge in [0.25, 0.3) is 5.91 Å². The summed E-state index contributed by atoms with van der Waals surface area (Å²) in [7, 11) is -1.05. The van der Waals surface area contributed by atoms with E-state index >= 15 is 0 Å². The minimum absolute atomic E-state index is 0.0758. The minimum Gasteiger partial charge on any atom is -0.495 e. The third-order valence-electron chi connectivity index (χ3n) is 3.91. The molecular formula is C18H22N2O4S. The molecule has 7 heteroatoms. The molecule has 0 fully saturated rings. The van der Waals surface area contributed by atoms with Gasteiger partial charge in [0.1, 0.15) is 10.6 Å². The number of rotatable bonds is 6. The van der Waals surface area contributed by atoms with Crippen LogP contribution < -0.4 is 14.8 Å². The highest BCUT2D eigenvalue weighted by molar-refractivity contribution is 7.89. The van der Waals surface area contributed by atoms with E-state index in [1.165, 1.54) is 32.4 Å². The van der Waals surface area contributed by atoms with Crippen LogP contribution in [0.5, 0.6) is 5.75 Å². The van der Waals surface area contributed by atoms with Crippen molar-refractivity contribution in [3.05, 3.63) is 59.2 Å². The Morgan fingerprint density at radius 1 is 1.12 bits per heavy atom. The predicted octanol–water partition coefficient (Wildman–Crippen LogP) is 2.40. The van der Waals surface area contributed by atoms with Gasteiger partial charge in [-0.1, -0.05) is 29.8 Å². The summed E-state index contributed by atoms with van der Waals surface area (Å²) in [4.78, 5) is 12.4. The number of carbonyl (C=O) groups excluding carboxylic acids is 1. The normalized spacial score (nSPS) is 12.5. The quantitative estimate of drug-likeness (QED) is 0.826. The van der Waals surface area contributed by atoms with Crippen LogP contribution in [0.15, 0.2) is 47.4 Å². The summed E-state index contributed by atoms with van der Waals surface area (Å²) in [6.07, 6.45) is 0. The van der Waals surface area contributed by atoms with E-state index in [9.17, 15) is 13.2 Å². The highest BCUT2D eigenvalue weighted by atomic mass is 32.2. The number of sulfonamides is 1. The maximum absolute atomic E-state index is 12.5. The van der Waals surface area contributed by atoms with Gasteiger partial charge in [0, 0.05) is 5.56 Å². The van der Waals surface area contributed by atoms with Crippen molar-refractivity contribution < 1.29 is 17.9 Å². The van der Waals surface area contributed by atoms with Crippen molar-refractivity contribution in [3.63, 3.8) is 0 Å². The lowest BCUT2D eigenvalue weighted by Gasteiger charge is -2.16. The van der Waals surface area contributed by atoms with Crippen LogP contribution in [0.3, 0.4) is 0 Å². The molecule has 0 spiro atoms. The van der Waals surface area contributed by atoms with E-state index in [0.717, 1.165) is 11.1 Å². The molecule has 2 rings (SSSR count). The van der Waals surface area contributed by atoms with Crippen molar-refractivity contribution in [2.45, 2.75) is 24.8 Å². The molecule has 0 heterocycles. The average Bonchev–Trinajstić information content (AvgIpc) is 2.61. The van der Waals surface area contributed by atoms with Crippen LogP contribution in [-0.4, -0.2) is 28.5 Å². The van der Waals surface area contributed by atoms with Crippen LogP contribution in [0, 0.1) is 6.92 Å². The monoisotopic (exact) mass is 362 g/mol. The number of carbonyl (C=O) groups is 1. The van der Waals surface area contributed by atoms with E-state index in [-0.39, 0.29) is 28.2 Å². The molecule has 0 aliphatic heterocycles. The predicted molar refractivity (Wildman–Crippen MR) is 96.3 cm³/mol. The van der Waals surface area contributed by atoms with Crippen LogP contribution in [0.1, 0.15) is 34.5 Å². The third kappa shape index (κ3) is 4.37. The fraction of sp³-hybridized carbons (Fsp3) is 0.278. The molecule has 2 aromatic carbocycles. The summed E-state index contributed by atoms with van der Waals surface area (Å²) in [5.74, 6) is -0.180. The summed E-state index contributed by atoms with van der Waals surface area (Å²) >= 11 is 0. The van der Waals surface area contributed by atoms with Crippen molar-refractivity contribution in [2.24, 2.45) is 0 Å². The Balaban J connectivity index is 2.27. The summed E-state index contributed by atoms with van der Waals surface area (Å²) in [5, 5.41) is 2.87. The van der Waals surface area contributed by atoms with Crippen molar-refractivity contribution in [2.75, 3.05) is 14.2 Å². The molecule has 0 aromatic heterocycles. The molecule has 2 N–H and O–H groups in total. The second-order valence-electron chi connectivity index (χ2n) is 5.68. The van der Waals surface area contributed by atoms with Gasteiger partial charge >= 0.3 is 0 Å². The number of aryl methyl sites for hydroxylation is 1. The molecule has 0 radical (unpaired) electrons. The van der Waals surface area contributed by atoms with Gasteiger partial charge in [-0.15, -0.1) is 0 Å². The first-order chi connectivity index (χ1) is 11.8. The van der Waals surface area contributed by atoms with Gasteiger partial charge in [-0.25, -0.2) is 13.1 Å². The fourth-order valence-electron chi connectivity index (χ4n) is 2.36. The maximum atomic E-state index is 12.5. The Hall–Kier alpha value is -2.38. The Bertz CT molecular complexity index is 861. The number of hydrogen-bond donors (Lipinski definition) is 2. The standard InChI is InChI=1S/C18H22N2O4S/c1-12-5-7-14(8-6-12)13(2)20-18(21)15-9-10-16(24-4)17(11-15)25(22,23)19-3/h5-11,13,19H,1-4H3,(H,20,21). The highest BCUT2D eigenvalue weighted by Gasteiger charge is 2.21. The highest BCUT2D eigenvalue weighted by Crippen LogP contribution is 2.25. The van der Waals surface area contributed by atoms with Gasteiger partial charge < -0.3 is 10.1 Å². The molecule has 0 bridgehead atoms. The zero-order valence-corrected chi connectivity index (χ0v) is 15.5. The molecular weight excluding hydrogens is 340 g/mol. The molecule has 0 saturated heterocycles. The van der Waals surface area contributed by atoms with Gasteiger partial charge in [0.15, 0.2) is 0 Å². The fourth-order valence-corrected chi connectivity index (χ4v) is 3.27. The number of ether oxygens (including phenoxy) is 1. The zero-order valence-electron chi connectivity index (χ0n) is 14.7. The molecule has 0 aliphatic rings. The first-order valence-corrected chi connectivity index (χ1v) is 9.26. The van der Waals surface area contributed by atoms with Crippen LogP contribution in [0.25, 0.3) is 0 Å². The lowest BCUT2D eigenvalue weighted by atomic mass is 10.1. The van der Waals surface area contributed by atoms with Crippen molar-refractivity contribution in [1.29, 1.82) is 0 Å². The zero-order chi connectivity index (χ0) is 18.6. The van der Waals surface area contributed by atoms with Gasteiger partial charge in [-0.2, -0.15) is 0 Å². The Morgan fingerprint density at radius 3 is 2.32 bits per heavy atom. The van der Waals surface area contributed by atoms with Gasteiger partial charge in [-0.05, 0) is 44.7 Å². The van der Waals surface area contributed by atoms with Crippen molar-refractivity contribution >= 4 is 15.9 Å². The molecule has 0 aliphatic carbocycles. The Morgan fingerprint density at radius 2 is 1.76 bits per heavy atom. The van der Waals surface area contributed by atoms with Crippen molar-refractivity contribution in [3.8, 4) is 5.75 Å². The van der Waals surface area contributed by atoms with Gasteiger partial charge in [-0.3, -0.25) is 4.79 Å². The number of hydrogen-bond acceptors (Lipinski definition) is 4. The Kier molecular flexibility index (Phi) is 5.81. The summed E-state index contributed by atoms with van der Waals surface area (Å²) < 4.78 is 31.5. The first-order valence-electron chi connectivity index (χ1n) is 7.77. The molecule has 6 nitrogen and oxygen atoms in total. The van der Waals surface area contributed by atoms with Crippen LogP contribution in [-0.2, 0) is 10.0 Å². The van der Waals surface area contributed by atoms with Crippen LogP contribution >= 0.6 is 0 Å². The molecule has 2 aromatic rings. The third-order valence-corrected chi connectivity index (χ3v) is 5.34. The van der Waals surface area contributed by atoms with Crippen LogP contribution in [0.2, 0.25) is 0 Å². The number of benzene rings is 2. The second-order valence-corrected chi connectivity index (χ2v) is 7.53. The number of methoxy groups -OCH3 is 1. The topological polar surface area (TPSA) is 84.5 Å². The van der Waals surface area contributed by atoms with Crippen LogP contribution in [0.4, 0.5) is 0 Å². The molecule has 134 valence electrons. The average molecular weight is 362 g/mol. The number of amides is 1. The largest absolute Gasteiger partial charge is 0.495 e. The van der Waals surface area contributed by atoms with E-state index < -0.39 is 10.0 Å². The Labute approximate surface area is 148 Å². The molecule has 1 atom stereocenters. The minimum atomic E-state index is -3.74. The molecule has 25 heavy (non-hydrogen) atoms. The first kappa shape index (κ1) is 19.0. The van der Waals surface area contributed by atoms with Gasteiger partial charge in [0.2, 0.25) is 10.0 Å². The van der Waals surface area contributed by atoms with Gasteiger partial charge in [0.05, 0.1) is 13.2 Å². The van der Waals surface area contributed by atoms with E-state index in [1.807, 2.05) is 38.1 Å². The molecule has 1 amide bonds. The summed E-state index contributed by atoms with van der Waals surface area (Å²) in [6.45, 7) is 3.87. The lowest BCUT2D eigenvalue weighted by Crippen LogP contribution is -2.27. The molecule has 0 saturated carbocycles. The van der Waals surface area contributed by atoms with E-state index in [0.29, 0.717) is 0 Å². The second kappa shape index (κ2) is 7.67. The smallest absolute Gasteiger partial charge is 0.251 e. The SMILES string of the molecule is CNS(=O)(=O)c1cc(C(=O)NC(C)c2ccc(C)cc2)ccc1OC. The number of nitrogens with one attached hydrogen (secondary N) is 2. The summed E-state index contributed by atoms with van der Waals surface area (Å²) in [5.41, 5.74) is 2.35. The van der Waals surface area contributed by atoms with Crippen molar-refractivity contribution in [1.82, 2.24) is 10.0 Å². The molecule has 1 unspecified atom stereocenters. The lowest BCUT2D eigenvalue weighted by molar-refractivity contribution is 0.0939. The van der Waals surface area contributed by atoms with E-state index in [1.54, 1.807) is 0 Å². The summed E-state index contributed by atoms with van der Waals surface area (Å²) in [6, 6.07) is 11.9. The van der Waals surface area contributed by atoms with E-state index in [2.05, 4.69) is 10.0 Å². The van der Waals surface area contributed by atoms with E-state index in [4.69, 9.17) is 4.74 Å².